The lowest BCUT2D eigenvalue weighted by atomic mass is 9.94. The van der Waals surface area contributed by atoms with Gasteiger partial charge in [-0.2, -0.15) is 5.26 Å². The molecule has 1 heterocycles. The molecule has 2 aromatic rings. The molecule has 0 saturated heterocycles. The molecule has 0 spiro atoms. The molecule has 0 atom stereocenters. The van der Waals surface area contributed by atoms with E-state index >= 15 is 0 Å². The summed E-state index contributed by atoms with van der Waals surface area (Å²) in [4.78, 5) is 12.5. The third kappa shape index (κ3) is 4.74. The Bertz CT molecular complexity index is 968. The number of hydrogen-bond donors (Lipinski definition) is 1. The van der Waals surface area contributed by atoms with Crippen LogP contribution in [0, 0.1) is 11.3 Å². The monoisotopic (exact) mass is 460 g/mol. The van der Waals surface area contributed by atoms with Crippen molar-refractivity contribution in [1.29, 1.82) is 5.26 Å². The van der Waals surface area contributed by atoms with Crippen LogP contribution in [0.5, 0.6) is 23.0 Å². The van der Waals surface area contributed by atoms with Crippen LogP contribution in [-0.2, 0) is 10.3 Å². The Morgan fingerprint density at radius 1 is 1.24 bits per heavy atom. The van der Waals surface area contributed by atoms with E-state index in [0.717, 1.165) is 5.56 Å². The van der Waals surface area contributed by atoms with Crippen molar-refractivity contribution in [1.82, 2.24) is 5.32 Å². The minimum Gasteiger partial charge on any atom is -0.490 e. The molecule has 0 saturated carbocycles. The first-order valence-electron chi connectivity index (χ1n) is 9.04. The van der Waals surface area contributed by atoms with Crippen LogP contribution in [0.2, 0.25) is 0 Å². The van der Waals surface area contributed by atoms with Gasteiger partial charge in [0.15, 0.2) is 29.6 Å². The van der Waals surface area contributed by atoms with E-state index in [9.17, 15) is 4.79 Å². The molecular weight excluding hydrogens is 440 g/mol. The molecule has 1 aliphatic heterocycles. The Kier molecular flexibility index (Phi) is 6.18. The van der Waals surface area contributed by atoms with Crippen molar-refractivity contribution in [3.8, 4) is 29.1 Å². The number of ether oxygens (including phenoxy) is 4. The summed E-state index contributed by atoms with van der Waals surface area (Å²) in [5.41, 5.74) is 0.664. The molecule has 1 amide bonds. The molecule has 0 radical (unpaired) electrons. The SMILES string of the molecule is CCOc1cc(C#N)cc(Br)c1OCC(=O)NC(C)(C)c1ccc2c(c1)OCO2. The summed E-state index contributed by atoms with van der Waals surface area (Å²) in [6.07, 6.45) is 0. The number of nitrogens with zero attached hydrogens (tertiary/aromatic N) is 1. The second-order valence-electron chi connectivity index (χ2n) is 6.86. The van der Waals surface area contributed by atoms with Gasteiger partial charge in [-0.15, -0.1) is 0 Å². The Balaban J connectivity index is 1.69. The fourth-order valence-corrected chi connectivity index (χ4v) is 3.47. The molecule has 0 aliphatic carbocycles. The van der Waals surface area contributed by atoms with E-state index in [1.54, 1.807) is 12.1 Å². The molecule has 7 nitrogen and oxygen atoms in total. The zero-order valence-electron chi connectivity index (χ0n) is 16.4. The Hall–Kier alpha value is -2.92. The first-order chi connectivity index (χ1) is 13.8. The lowest BCUT2D eigenvalue weighted by Gasteiger charge is -2.27. The molecule has 8 heteroatoms. The van der Waals surface area contributed by atoms with Gasteiger partial charge >= 0.3 is 0 Å². The van der Waals surface area contributed by atoms with E-state index in [1.807, 2.05) is 39.0 Å². The topological polar surface area (TPSA) is 89.8 Å². The van der Waals surface area contributed by atoms with Gasteiger partial charge in [-0.1, -0.05) is 6.07 Å². The highest BCUT2D eigenvalue weighted by Gasteiger charge is 2.26. The maximum atomic E-state index is 12.5. The highest BCUT2D eigenvalue weighted by Crippen LogP contribution is 2.37. The Labute approximate surface area is 177 Å². The fourth-order valence-electron chi connectivity index (χ4n) is 2.92. The maximum absolute atomic E-state index is 12.5. The molecule has 1 aliphatic rings. The standard InChI is InChI=1S/C21H21BrN2O5/c1-4-26-18-8-13(10-23)7-15(22)20(18)27-11-19(25)24-21(2,3)14-5-6-16-17(9-14)29-12-28-16/h5-9H,4,11-12H2,1-3H3,(H,24,25). The summed E-state index contributed by atoms with van der Waals surface area (Å²) >= 11 is 3.37. The predicted octanol–water partition coefficient (Wildman–Crippen LogP) is 3.88. The van der Waals surface area contributed by atoms with Gasteiger partial charge in [0.2, 0.25) is 6.79 Å². The maximum Gasteiger partial charge on any atom is 0.258 e. The number of nitriles is 1. The minimum atomic E-state index is -0.647. The number of hydrogen-bond acceptors (Lipinski definition) is 6. The fraction of sp³-hybridized carbons (Fsp3) is 0.333. The zero-order chi connectivity index (χ0) is 21.0. The second-order valence-corrected chi connectivity index (χ2v) is 7.71. The molecular formula is C21H21BrN2O5. The first-order valence-corrected chi connectivity index (χ1v) is 9.83. The van der Waals surface area contributed by atoms with Gasteiger partial charge in [-0.25, -0.2) is 0 Å². The summed E-state index contributed by atoms with van der Waals surface area (Å²) in [5.74, 6) is 1.83. The lowest BCUT2D eigenvalue weighted by Crippen LogP contribution is -2.43. The van der Waals surface area contributed by atoms with Gasteiger partial charge in [0.05, 0.1) is 28.3 Å². The van der Waals surface area contributed by atoms with Gasteiger partial charge < -0.3 is 24.3 Å². The molecule has 152 valence electrons. The van der Waals surface area contributed by atoms with E-state index in [4.69, 9.17) is 24.2 Å². The van der Waals surface area contributed by atoms with Crippen LogP contribution in [0.4, 0.5) is 0 Å². The number of fused-ring (bicyclic) bond motifs is 1. The third-order valence-corrected chi connectivity index (χ3v) is 4.92. The predicted molar refractivity (Wildman–Crippen MR) is 109 cm³/mol. The van der Waals surface area contributed by atoms with Crippen LogP contribution >= 0.6 is 15.9 Å². The molecule has 1 N–H and O–H groups in total. The van der Waals surface area contributed by atoms with Gasteiger partial charge in [0.1, 0.15) is 0 Å². The smallest absolute Gasteiger partial charge is 0.258 e. The van der Waals surface area contributed by atoms with Gasteiger partial charge in [-0.3, -0.25) is 4.79 Å². The summed E-state index contributed by atoms with van der Waals surface area (Å²) in [6.45, 7) is 6.01. The molecule has 0 aromatic heterocycles. The van der Waals surface area contributed by atoms with Crippen LogP contribution < -0.4 is 24.3 Å². The second kappa shape index (κ2) is 8.62. The lowest BCUT2D eigenvalue weighted by molar-refractivity contribution is -0.124. The van der Waals surface area contributed by atoms with Crippen LogP contribution in [0.1, 0.15) is 31.9 Å². The largest absolute Gasteiger partial charge is 0.490 e. The number of nitrogens with one attached hydrogen (secondary N) is 1. The van der Waals surface area contributed by atoms with Gasteiger partial charge in [-0.05, 0) is 60.5 Å². The van der Waals surface area contributed by atoms with E-state index in [0.29, 0.717) is 39.6 Å². The van der Waals surface area contributed by atoms with Crippen LogP contribution in [0.3, 0.4) is 0 Å². The first kappa shape index (κ1) is 20.8. The number of halogens is 1. The highest BCUT2D eigenvalue weighted by molar-refractivity contribution is 9.10. The van der Waals surface area contributed by atoms with Crippen molar-refractivity contribution in [3.63, 3.8) is 0 Å². The molecule has 29 heavy (non-hydrogen) atoms. The summed E-state index contributed by atoms with van der Waals surface area (Å²) in [5, 5.41) is 12.1. The van der Waals surface area contributed by atoms with Crippen molar-refractivity contribution < 1.29 is 23.7 Å². The number of amides is 1. The van der Waals surface area contributed by atoms with Crippen LogP contribution in [0.15, 0.2) is 34.8 Å². The average molecular weight is 461 g/mol. The number of benzene rings is 2. The van der Waals surface area contributed by atoms with Crippen molar-refractivity contribution in [2.24, 2.45) is 0 Å². The van der Waals surface area contributed by atoms with E-state index in [2.05, 4.69) is 27.3 Å². The molecule has 0 fully saturated rings. The van der Waals surface area contributed by atoms with Crippen LogP contribution in [-0.4, -0.2) is 25.9 Å². The van der Waals surface area contributed by atoms with Crippen molar-refractivity contribution in [2.75, 3.05) is 20.0 Å². The Morgan fingerprint density at radius 2 is 2.00 bits per heavy atom. The normalized spacial score (nSPS) is 12.2. The Morgan fingerprint density at radius 3 is 2.72 bits per heavy atom. The summed E-state index contributed by atoms with van der Waals surface area (Å²) in [7, 11) is 0. The van der Waals surface area contributed by atoms with Crippen molar-refractivity contribution in [3.05, 3.63) is 45.9 Å². The van der Waals surface area contributed by atoms with Crippen LogP contribution in [0.25, 0.3) is 0 Å². The quantitative estimate of drug-likeness (QED) is 0.673. The minimum absolute atomic E-state index is 0.195. The van der Waals surface area contributed by atoms with Gasteiger partial charge in [0.25, 0.3) is 5.91 Å². The highest BCUT2D eigenvalue weighted by atomic mass is 79.9. The number of rotatable bonds is 7. The zero-order valence-corrected chi connectivity index (χ0v) is 18.0. The summed E-state index contributed by atoms with van der Waals surface area (Å²) < 4.78 is 22.5. The van der Waals surface area contributed by atoms with E-state index < -0.39 is 5.54 Å². The van der Waals surface area contributed by atoms with E-state index in [1.165, 1.54) is 0 Å². The van der Waals surface area contributed by atoms with E-state index in [-0.39, 0.29) is 19.3 Å². The van der Waals surface area contributed by atoms with Crippen molar-refractivity contribution in [2.45, 2.75) is 26.3 Å². The summed E-state index contributed by atoms with van der Waals surface area (Å²) in [6, 6.07) is 10.8. The van der Waals surface area contributed by atoms with Gasteiger partial charge in [0, 0.05) is 6.07 Å². The number of carbonyl (C=O) groups excluding carboxylic acids is 1. The molecule has 2 aromatic carbocycles. The molecule has 0 unspecified atom stereocenters. The van der Waals surface area contributed by atoms with Crippen molar-refractivity contribution >= 4 is 21.8 Å². The number of carbonyl (C=O) groups is 1. The molecule has 0 bridgehead atoms. The molecule has 3 rings (SSSR count). The average Bonchev–Trinajstić information content (AvgIpc) is 3.14. The third-order valence-electron chi connectivity index (χ3n) is 4.33.